The van der Waals surface area contributed by atoms with Gasteiger partial charge in [0.15, 0.2) is 0 Å². The Kier molecular flexibility index (Phi) is 4.80. The van der Waals surface area contributed by atoms with E-state index < -0.39 is 52.2 Å². The van der Waals surface area contributed by atoms with E-state index in [4.69, 9.17) is 0 Å². The van der Waals surface area contributed by atoms with Crippen LogP contribution < -0.4 is 16.6 Å². The minimum absolute atomic E-state index is 0.105. The molecule has 2 N–H and O–H groups in total. The minimum Gasteiger partial charge on any atom is -0.325 e. The Balaban J connectivity index is 2.18. The second-order valence-corrected chi connectivity index (χ2v) is 7.51. The van der Waals surface area contributed by atoms with Crippen molar-refractivity contribution in [2.45, 2.75) is 17.9 Å². The molecule has 32 heavy (non-hydrogen) atoms. The van der Waals surface area contributed by atoms with Crippen molar-refractivity contribution in [3.05, 3.63) is 78.9 Å². The Morgan fingerprint density at radius 1 is 0.969 bits per heavy atom. The molecule has 2 aromatic heterocycles. The van der Waals surface area contributed by atoms with Crippen molar-refractivity contribution in [1.29, 1.82) is 0 Å². The van der Waals surface area contributed by atoms with Gasteiger partial charge < -0.3 is 5.32 Å². The lowest BCUT2D eigenvalue weighted by Crippen LogP contribution is -2.59. The number of fused-ring (bicyclic) bond motifs is 1. The maximum Gasteiger partial charge on any atom is 0.427 e. The number of rotatable bonds is 2. The van der Waals surface area contributed by atoms with Crippen LogP contribution in [0.4, 0.5) is 36.6 Å². The van der Waals surface area contributed by atoms with E-state index in [1.54, 1.807) is 0 Å². The first-order valence-corrected chi connectivity index (χ1v) is 9.45. The molecule has 0 fully saturated rings. The van der Waals surface area contributed by atoms with Gasteiger partial charge in [0.05, 0.1) is 10.6 Å². The molecule has 0 saturated heterocycles. The summed E-state index contributed by atoms with van der Waals surface area (Å²) in [6, 6.07) is 6.18. The van der Waals surface area contributed by atoms with Crippen LogP contribution in [0, 0.1) is 5.82 Å². The van der Waals surface area contributed by atoms with Crippen LogP contribution in [0.5, 0.6) is 0 Å². The average molecular weight is 478 g/mol. The summed E-state index contributed by atoms with van der Waals surface area (Å²) in [4.78, 5) is 29.2. The van der Waals surface area contributed by atoms with Gasteiger partial charge in [-0.05, 0) is 35.7 Å². The summed E-state index contributed by atoms with van der Waals surface area (Å²) in [5, 5.41) is 3.66. The maximum atomic E-state index is 14.1. The molecule has 0 saturated carbocycles. The van der Waals surface area contributed by atoms with E-state index in [0.717, 1.165) is 35.6 Å². The SMILES string of the molecule is O=c1[nH]c(=O)n(-c2ccc(F)cc2)c2c1C(C(F)(F)F)(C(F)(F)F)N=C(c1cccs1)N2. The quantitative estimate of drug-likeness (QED) is 0.549. The van der Waals surface area contributed by atoms with E-state index in [2.05, 4.69) is 10.3 Å². The van der Waals surface area contributed by atoms with Crippen molar-refractivity contribution in [3.8, 4) is 5.69 Å². The van der Waals surface area contributed by atoms with E-state index in [1.807, 2.05) is 0 Å². The molecule has 0 unspecified atom stereocenters. The topological polar surface area (TPSA) is 79.2 Å². The first-order chi connectivity index (χ1) is 14.9. The van der Waals surface area contributed by atoms with Crippen molar-refractivity contribution in [2.75, 3.05) is 5.32 Å². The second-order valence-electron chi connectivity index (χ2n) is 6.56. The molecule has 0 aliphatic carbocycles. The van der Waals surface area contributed by atoms with E-state index in [1.165, 1.54) is 22.5 Å². The number of H-pyrrole nitrogens is 1. The summed E-state index contributed by atoms with van der Waals surface area (Å²) in [7, 11) is 0. The lowest BCUT2D eigenvalue weighted by atomic mass is 9.88. The second kappa shape index (κ2) is 7.05. The molecule has 168 valence electrons. The van der Waals surface area contributed by atoms with Crippen molar-refractivity contribution in [1.82, 2.24) is 9.55 Å². The third-order valence-corrected chi connectivity index (χ3v) is 5.53. The summed E-state index contributed by atoms with van der Waals surface area (Å²) < 4.78 is 98.4. The Bertz CT molecular complexity index is 1310. The predicted octanol–water partition coefficient (Wildman–Crippen LogP) is 3.92. The van der Waals surface area contributed by atoms with Gasteiger partial charge in [-0.25, -0.2) is 18.7 Å². The van der Waals surface area contributed by atoms with E-state index in [0.29, 0.717) is 4.57 Å². The fraction of sp³-hybridized carbons (Fsp3) is 0.167. The third-order valence-electron chi connectivity index (χ3n) is 4.65. The van der Waals surface area contributed by atoms with Crippen LogP contribution >= 0.6 is 11.3 Å². The van der Waals surface area contributed by atoms with Gasteiger partial charge in [0, 0.05) is 0 Å². The highest BCUT2D eigenvalue weighted by Gasteiger charge is 2.75. The Morgan fingerprint density at radius 3 is 2.12 bits per heavy atom. The van der Waals surface area contributed by atoms with Crippen molar-refractivity contribution < 1.29 is 30.7 Å². The fourth-order valence-electron chi connectivity index (χ4n) is 3.29. The first-order valence-electron chi connectivity index (χ1n) is 8.57. The number of aromatic nitrogens is 2. The molecule has 0 atom stereocenters. The predicted molar refractivity (Wildman–Crippen MR) is 101 cm³/mol. The van der Waals surface area contributed by atoms with Crippen molar-refractivity contribution in [2.24, 2.45) is 4.99 Å². The third kappa shape index (κ3) is 3.13. The molecule has 14 heteroatoms. The standard InChI is InChI=1S/C18H9F7N4O2S/c19-8-3-5-9(6-4-8)29-13-11(14(30)27-15(29)31)16(17(20,21)22,18(23,24)25)28-12(26-13)10-2-1-7-32-10/h1-7H,(H,26,28)(H,27,30,31). The zero-order chi connectivity index (χ0) is 23.5. The lowest BCUT2D eigenvalue weighted by Gasteiger charge is -2.38. The van der Waals surface area contributed by atoms with Crippen LogP contribution in [0.15, 0.2) is 56.4 Å². The first kappa shape index (κ1) is 21.8. The molecule has 0 amide bonds. The molecular weight excluding hydrogens is 469 g/mol. The smallest absolute Gasteiger partial charge is 0.325 e. The number of hydrogen-bond donors (Lipinski definition) is 2. The highest BCUT2D eigenvalue weighted by atomic mass is 32.1. The number of aromatic amines is 1. The number of alkyl halides is 6. The Morgan fingerprint density at radius 2 is 1.59 bits per heavy atom. The molecule has 0 radical (unpaired) electrons. The van der Waals surface area contributed by atoms with Gasteiger partial charge in [-0.3, -0.25) is 9.78 Å². The molecule has 4 rings (SSSR count). The number of amidine groups is 1. The monoisotopic (exact) mass is 478 g/mol. The molecule has 1 aliphatic heterocycles. The van der Waals surface area contributed by atoms with E-state index in [9.17, 15) is 40.3 Å². The van der Waals surface area contributed by atoms with Crippen molar-refractivity contribution >= 4 is 23.0 Å². The molecule has 1 aromatic carbocycles. The number of hydrogen-bond acceptors (Lipinski definition) is 5. The van der Waals surface area contributed by atoms with Gasteiger partial charge in [0.2, 0.25) is 0 Å². The van der Waals surface area contributed by atoms with Crippen LogP contribution in [0.25, 0.3) is 5.69 Å². The molecular formula is C18H9F7N4O2S. The molecule has 0 bridgehead atoms. The zero-order valence-electron chi connectivity index (χ0n) is 15.3. The maximum absolute atomic E-state index is 14.1. The largest absolute Gasteiger partial charge is 0.427 e. The number of thiophene rings is 1. The number of nitrogens with one attached hydrogen (secondary N) is 2. The number of halogens is 7. The van der Waals surface area contributed by atoms with Gasteiger partial charge in [-0.1, -0.05) is 6.07 Å². The summed E-state index contributed by atoms with van der Waals surface area (Å²) >= 11 is 0.787. The highest BCUT2D eigenvalue weighted by Crippen LogP contribution is 2.55. The van der Waals surface area contributed by atoms with Gasteiger partial charge in [-0.2, -0.15) is 26.3 Å². The van der Waals surface area contributed by atoms with Crippen LogP contribution in [0.3, 0.4) is 0 Å². The van der Waals surface area contributed by atoms with Crippen LogP contribution in [-0.4, -0.2) is 27.7 Å². The Hall–Kier alpha value is -3.42. The van der Waals surface area contributed by atoms with Crippen LogP contribution in [-0.2, 0) is 5.54 Å². The number of anilines is 1. The number of benzene rings is 1. The van der Waals surface area contributed by atoms with Gasteiger partial charge >= 0.3 is 18.0 Å². The van der Waals surface area contributed by atoms with Gasteiger partial charge in [0.1, 0.15) is 23.0 Å². The fourth-order valence-corrected chi connectivity index (χ4v) is 3.96. The van der Waals surface area contributed by atoms with Crippen LogP contribution in [0.1, 0.15) is 10.4 Å². The van der Waals surface area contributed by atoms with E-state index >= 15 is 0 Å². The summed E-state index contributed by atoms with van der Waals surface area (Å²) in [6.45, 7) is 0. The highest BCUT2D eigenvalue weighted by molar-refractivity contribution is 7.12. The van der Waals surface area contributed by atoms with Crippen LogP contribution in [0.2, 0.25) is 0 Å². The normalized spacial score (nSPS) is 15.7. The summed E-state index contributed by atoms with van der Waals surface area (Å²) in [6.07, 6.45) is -12.2. The number of aliphatic imine (C=N–C) groups is 1. The molecule has 3 heterocycles. The minimum atomic E-state index is -6.11. The van der Waals surface area contributed by atoms with Gasteiger partial charge in [0.25, 0.3) is 11.1 Å². The molecule has 3 aromatic rings. The zero-order valence-corrected chi connectivity index (χ0v) is 16.1. The lowest BCUT2D eigenvalue weighted by molar-refractivity contribution is -0.301. The summed E-state index contributed by atoms with van der Waals surface area (Å²) in [5.41, 5.74) is -10.4. The van der Waals surface area contributed by atoms with Gasteiger partial charge in [-0.15, -0.1) is 11.3 Å². The average Bonchev–Trinajstić information content (AvgIpc) is 3.21. The summed E-state index contributed by atoms with van der Waals surface area (Å²) in [5.74, 6) is -2.70. The van der Waals surface area contributed by atoms with E-state index in [-0.39, 0.29) is 10.6 Å². The number of nitrogens with zero attached hydrogens (tertiary/aromatic N) is 2. The molecule has 6 nitrogen and oxygen atoms in total. The molecule has 0 spiro atoms. The molecule has 1 aliphatic rings. The Labute approximate surface area is 176 Å². The van der Waals surface area contributed by atoms with Crippen molar-refractivity contribution in [3.63, 3.8) is 0 Å².